The van der Waals surface area contributed by atoms with E-state index in [4.69, 9.17) is 9.88 Å². The fraction of sp³-hybridized carbons (Fsp3) is 0.0870. The second-order valence-corrected chi connectivity index (χ2v) is 8.60. The number of para-hydroxylation sites is 1. The topological polar surface area (TPSA) is 128 Å². The highest BCUT2D eigenvalue weighted by Gasteiger charge is 2.21. The van der Waals surface area contributed by atoms with Crippen molar-refractivity contribution >= 4 is 50.6 Å². The van der Waals surface area contributed by atoms with Crippen LogP contribution in [0.1, 0.15) is 28.0 Å². The smallest absolute Gasteiger partial charge is 0.340 e. The van der Waals surface area contributed by atoms with Crippen molar-refractivity contribution in [3.8, 4) is 0 Å². The van der Waals surface area contributed by atoms with Gasteiger partial charge in [0.1, 0.15) is 0 Å². The first-order valence-electron chi connectivity index (χ1n) is 9.68. The van der Waals surface area contributed by atoms with Crippen LogP contribution in [0.2, 0.25) is 0 Å². The van der Waals surface area contributed by atoms with Gasteiger partial charge in [-0.05, 0) is 42.8 Å². The molecule has 3 N–H and O–H groups in total. The van der Waals surface area contributed by atoms with Crippen LogP contribution in [0.4, 0.5) is 5.69 Å². The minimum absolute atomic E-state index is 0.0747. The minimum atomic E-state index is -3.83. The molecule has 0 fully saturated rings. The molecule has 0 saturated carbocycles. The predicted molar refractivity (Wildman–Crippen MR) is 121 cm³/mol. The van der Waals surface area contributed by atoms with E-state index in [9.17, 15) is 18.0 Å². The Hall–Kier alpha value is -3.82. The molecule has 1 aromatic heterocycles. The lowest BCUT2D eigenvalue weighted by Gasteiger charge is -2.13. The van der Waals surface area contributed by atoms with Crippen LogP contribution < -0.4 is 10.5 Å². The second kappa shape index (κ2) is 8.74. The minimum Gasteiger partial charge on any atom is -0.452 e. The van der Waals surface area contributed by atoms with Crippen molar-refractivity contribution in [1.82, 2.24) is 4.98 Å². The molecular formula is C23H19N3O5S. The van der Waals surface area contributed by atoms with Crippen molar-refractivity contribution in [2.24, 2.45) is 5.14 Å². The predicted octanol–water partition coefficient (Wildman–Crippen LogP) is 3.11. The number of sulfonamides is 1. The van der Waals surface area contributed by atoms with E-state index in [2.05, 4.69) is 10.3 Å². The van der Waals surface area contributed by atoms with E-state index in [0.717, 1.165) is 0 Å². The summed E-state index contributed by atoms with van der Waals surface area (Å²) >= 11 is 0. The molecule has 162 valence electrons. The standard InChI is InChI=1S/C23H19N3O5S/c24-32(29,30)16-12-10-15(11-13-16)25-21(27)14-31-23(28)22-17-6-2-1-3-8-19(17)26-20-9-5-4-7-18(20)22/h2-13H,1,14H2,(H,25,27)(H2,24,29,30). The molecule has 8 nitrogen and oxygen atoms in total. The zero-order chi connectivity index (χ0) is 22.7. The van der Waals surface area contributed by atoms with Crippen LogP contribution in [0.3, 0.4) is 0 Å². The van der Waals surface area contributed by atoms with Gasteiger partial charge in [0.05, 0.1) is 21.7 Å². The van der Waals surface area contributed by atoms with Crippen LogP contribution in [-0.4, -0.2) is 31.9 Å². The Kier molecular flexibility index (Phi) is 5.85. The van der Waals surface area contributed by atoms with Crippen LogP contribution >= 0.6 is 0 Å². The third-order valence-electron chi connectivity index (χ3n) is 4.80. The van der Waals surface area contributed by atoms with Gasteiger partial charge in [0, 0.05) is 16.6 Å². The van der Waals surface area contributed by atoms with E-state index in [0.29, 0.717) is 39.8 Å². The molecule has 0 aliphatic heterocycles. The Balaban J connectivity index is 1.53. The molecule has 0 spiro atoms. The van der Waals surface area contributed by atoms with E-state index in [-0.39, 0.29) is 4.90 Å². The highest BCUT2D eigenvalue weighted by atomic mass is 32.2. The van der Waals surface area contributed by atoms with Crippen molar-refractivity contribution in [2.75, 3.05) is 11.9 Å². The average Bonchev–Trinajstić information content (AvgIpc) is 3.00. The largest absolute Gasteiger partial charge is 0.452 e. The molecule has 32 heavy (non-hydrogen) atoms. The van der Waals surface area contributed by atoms with E-state index in [1.807, 2.05) is 36.4 Å². The number of primary sulfonamides is 1. The van der Waals surface area contributed by atoms with E-state index < -0.39 is 28.5 Å². The Labute approximate surface area is 184 Å². The highest BCUT2D eigenvalue weighted by molar-refractivity contribution is 7.89. The number of aromatic nitrogens is 1. The average molecular weight is 449 g/mol. The maximum Gasteiger partial charge on any atom is 0.340 e. The number of allylic oxidation sites excluding steroid dienone is 2. The maximum absolute atomic E-state index is 13.0. The fourth-order valence-electron chi connectivity index (χ4n) is 3.33. The number of anilines is 1. The summed E-state index contributed by atoms with van der Waals surface area (Å²) in [7, 11) is -3.83. The van der Waals surface area contributed by atoms with Crippen molar-refractivity contribution < 1.29 is 22.7 Å². The molecular weight excluding hydrogens is 430 g/mol. The maximum atomic E-state index is 13.0. The number of nitrogens with zero attached hydrogens (tertiary/aromatic N) is 1. The lowest BCUT2D eigenvalue weighted by Crippen LogP contribution is -2.21. The van der Waals surface area contributed by atoms with Gasteiger partial charge in [0.2, 0.25) is 10.0 Å². The van der Waals surface area contributed by atoms with Crippen LogP contribution in [0.5, 0.6) is 0 Å². The first kappa shape index (κ1) is 21.4. The molecule has 3 aromatic rings. The van der Waals surface area contributed by atoms with E-state index in [1.165, 1.54) is 24.3 Å². The number of nitrogens with one attached hydrogen (secondary N) is 1. The normalized spacial score (nSPS) is 12.8. The third-order valence-corrected chi connectivity index (χ3v) is 5.73. The zero-order valence-electron chi connectivity index (χ0n) is 16.8. The van der Waals surface area contributed by atoms with Crippen LogP contribution in [0.25, 0.3) is 23.1 Å². The molecule has 0 bridgehead atoms. The molecule has 9 heteroatoms. The molecule has 0 radical (unpaired) electrons. The monoisotopic (exact) mass is 449 g/mol. The van der Waals surface area contributed by atoms with Crippen LogP contribution in [0, 0.1) is 0 Å². The summed E-state index contributed by atoms with van der Waals surface area (Å²) in [6.45, 7) is -0.513. The first-order chi connectivity index (χ1) is 15.3. The number of hydrogen-bond donors (Lipinski definition) is 2. The zero-order valence-corrected chi connectivity index (χ0v) is 17.6. The van der Waals surface area contributed by atoms with Crippen molar-refractivity contribution in [3.63, 3.8) is 0 Å². The summed E-state index contributed by atoms with van der Waals surface area (Å²) in [5.41, 5.74) is 2.64. The molecule has 1 heterocycles. The van der Waals surface area contributed by atoms with Gasteiger partial charge in [-0.3, -0.25) is 4.79 Å². The number of carbonyl (C=O) groups is 2. The van der Waals surface area contributed by atoms with Crippen molar-refractivity contribution in [1.29, 1.82) is 0 Å². The molecule has 1 aliphatic rings. The van der Waals surface area contributed by atoms with Crippen molar-refractivity contribution in [2.45, 2.75) is 11.3 Å². The molecule has 1 aliphatic carbocycles. The molecule has 0 unspecified atom stereocenters. The summed E-state index contributed by atoms with van der Waals surface area (Å²) < 4.78 is 27.9. The number of nitrogens with two attached hydrogens (primary N) is 1. The summed E-state index contributed by atoms with van der Waals surface area (Å²) in [5.74, 6) is -1.21. The molecule has 0 saturated heterocycles. The quantitative estimate of drug-likeness (QED) is 0.576. The Morgan fingerprint density at radius 1 is 1.03 bits per heavy atom. The Morgan fingerprint density at radius 2 is 1.75 bits per heavy atom. The molecule has 0 atom stereocenters. The van der Waals surface area contributed by atoms with Gasteiger partial charge >= 0.3 is 5.97 Å². The molecule has 2 aromatic carbocycles. The van der Waals surface area contributed by atoms with Gasteiger partial charge in [0.15, 0.2) is 6.61 Å². The summed E-state index contributed by atoms with van der Waals surface area (Å²) in [4.78, 5) is 29.8. The number of amides is 1. The number of rotatable bonds is 5. The van der Waals surface area contributed by atoms with Crippen LogP contribution in [0.15, 0.2) is 65.6 Å². The van der Waals surface area contributed by atoms with Crippen molar-refractivity contribution in [3.05, 3.63) is 77.5 Å². The number of ether oxygens (including phenoxy) is 1. The Bertz CT molecular complexity index is 1380. The van der Waals surface area contributed by atoms with Gasteiger partial charge in [0.25, 0.3) is 5.91 Å². The van der Waals surface area contributed by atoms with Crippen LogP contribution in [-0.2, 0) is 19.6 Å². The van der Waals surface area contributed by atoms with E-state index >= 15 is 0 Å². The Morgan fingerprint density at radius 3 is 2.50 bits per heavy atom. The van der Waals surface area contributed by atoms with Gasteiger partial charge in [-0.25, -0.2) is 23.3 Å². The summed E-state index contributed by atoms with van der Waals surface area (Å²) in [6.07, 6.45) is 8.28. The first-order valence-corrected chi connectivity index (χ1v) is 11.2. The lowest BCUT2D eigenvalue weighted by molar-refractivity contribution is -0.119. The van der Waals surface area contributed by atoms with Gasteiger partial charge < -0.3 is 10.1 Å². The molecule has 4 rings (SSSR count). The highest BCUT2D eigenvalue weighted by Crippen LogP contribution is 2.28. The number of esters is 1. The number of benzene rings is 2. The number of hydrogen-bond acceptors (Lipinski definition) is 6. The SMILES string of the molecule is NS(=O)(=O)c1ccc(NC(=O)COC(=O)c2c3c(nc4ccccc24)C=CCC=C3)cc1. The molecule has 1 amide bonds. The summed E-state index contributed by atoms with van der Waals surface area (Å²) in [6, 6.07) is 12.6. The number of carbonyl (C=O) groups excluding carboxylic acids is 2. The number of fused-ring (bicyclic) bond motifs is 2. The van der Waals surface area contributed by atoms with Gasteiger partial charge in [-0.15, -0.1) is 0 Å². The van der Waals surface area contributed by atoms with Gasteiger partial charge in [-0.2, -0.15) is 0 Å². The fourth-order valence-corrected chi connectivity index (χ4v) is 3.85. The number of pyridine rings is 1. The summed E-state index contributed by atoms with van der Waals surface area (Å²) in [5, 5.41) is 8.24. The second-order valence-electron chi connectivity index (χ2n) is 7.04. The third kappa shape index (κ3) is 4.58. The lowest BCUT2D eigenvalue weighted by atomic mass is 10.00. The van der Waals surface area contributed by atoms with E-state index in [1.54, 1.807) is 12.1 Å². The van der Waals surface area contributed by atoms with Gasteiger partial charge in [-0.1, -0.05) is 36.4 Å².